The minimum Gasteiger partial charge on any atom is -0.366 e. The van der Waals surface area contributed by atoms with Crippen LogP contribution >= 0.6 is 0 Å². The zero-order valence-corrected chi connectivity index (χ0v) is 25.8. The Morgan fingerprint density at radius 3 is 2.15 bits per heavy atom. The highest BCUT2D eigenvalue weighted by molar-refractivity contribution is 5.93. The fraction of sp³-hybridized carbons (Fsp3) is 0.0909. The molecule has 0 amide bonds. The predicted molar refractivity (Wildman–Crippen MR) is 194 cm³/mol. The lowest BCUT2D eigenvalue weighted by atomic mass is 9.69. The second-order valence-corrected chi connectivity index (χ2v) is 12.9. The van der Waals surface area contributed by atoms with Gasteiger partial charge in [0.2, 0.25) is 0 Å². The largest absolute Gasteiger partial charge is 0.366 e. The highest BCUT2D eigenvalue weighted by atomic mass is 15.3. The second-order valence-electron chi connectivity index (χ2n) is 12.9. The van der Waals surface area contributed by atoms with E-state index in [4.69, 9.17) is 0 Å². The number of nitrogens with one attached hydrogen (secondary N) is 2. The van der Waals surface area contributed by atoms with Crippen LogP contribution < -0.4 is 26.0 Å². The molecule has 2 aliphatic heterocycles. The Labute approximate surface area is 274 Å². The predicted octanol–water partition coefficient (Wildman–Crippen LogP) is 7.79. The first kappa shape index (κ1) is 26.6. The van der Waals surface area contributed by atoms with Crippen LogP contribution in [0.5, 0.6) is 0 Å². The Hall–Kier alpha value is -5.64. The summed E-state index contributed by atoms with van der Waals surface area (Å²) in [6.07, 6.45) is 6.87. The van der Waals surface area contributed by atoms with Crippen LogP contribution in [0.2, 0.25) is 0 Å². The first-order valence-electron chi connectivity index (χ1n) is 16.6. The fourth-order valence-corrected chi connectivity index (χ4v) is 8.54. The van der Waals surface area contributed by atoms with Gasteiger partial charge < -0.3 is 10.2 Å². The summed E-state index contributed by atoms with van der Waals surface area (Å²) in [5.41, 5.74) is 11.7. The van der Waals surface area contributed by atoms with Gasteiger partial charge in [-0.25, -0.2) is 0 Å². The maximum atomic E-state index is 4.10. The molecule has 6 aromatic carbocycles. The zero-order chi connectivity index (χ0) is 30.9. The smallest absolute Gasteiger partial charge is 0.107 e. The lowest BCUT2D eigenvalue weighted by molar-refractivity contribution is 0.439. The molecule has 0 saturated heterocycles. The molecule has 4 aliphatic rings. The highest BCUT2D eigenvalue weighted by Crippen LogP contribution is 2.56. The Balaban J connectivity index is 1.22. The van der Waals surface area contributed by atoms with Gasteiger partial charge in [0, 0.05) is 34.1 Å². The monoisotopic (exact) mass is 603 g/mol. The molecule has 2 heterocycles. The lowest BCUT2D eigenvalue weighted by Crippen LogP contribution is -2.53. The van der Waals surface area contributed by atoms with Crippen molar-refractivity contribution in [2.45, 2.75) is 24.2 Å². The molecule has 224 valence electrons. The molecule has 0 saturated carbocycles. The van der Waals surface area contributed by atoms with Crippen molar-refractivity contribution < 1.29 is 0 Å². The summed E-state index contributed by atoms with van der Waals surface area (Å²) in [5, 5.41) is 13.2. The average molecular weight is 604 g/mol. The van der Waals surface area contributed by atoms with E-state index in [1.807, 2.05) is 0 Å². The van der Waals surface area contributed by atoms with Gasteiger partial charge in [0.05, 0.1) is 0 Å². The number of fused-ring (bicyclic) bond motifs is 9. The number of rotatable bonds is 3. The molecular weight excluding hydrogens is 571 g/mol. The number of anilines is 1. The Bertz CT molecular complexity index is 2400. The summed E-state index contributed by atoms with van der Waals surface area (Å²) in [6.45, 7) is 0. The minimum absolute atomic E-state index is 0.0967. The van der Waals surface area contributed by atoms with Crippen molar-refractivity contribution in [3.05, 3.63) is 196 Å². The number of nitrogens with zero attached hydrogens (tertiary/aromatic N) is 1. The summed E-state index contributed by atoms with van der Waals surface area (Å²) < 4.78 is 0. The van der Waals surface area contributed by atoms with Gasteiger partial charge in [-0.2, -0.15) is 0 Å². The number of hydrogen-bond donors (Lipinski definition) is 2. The molecule has 4 atom stereocenters. The van der Waals surface area contributed by atoms with E-state index in [0.29, 0.717) is 0 Å². The van der Waals surface area contributed by atoms with Crippen molar-refractivity contribution in [2.24, 2.45) is 0 Å². The molecule has 2 N–H and O–H groups in total. The molecule has 4 unspecified atom stereocenters. The fourth-order valence-electron chi connectivity index (χ4n) is 8.54. The lowest BCUT2D eigenvalue weighted by Gasteiger charge is -2.41. The quantitative estimate of drug-likeness (QED) is 0.216. The maximum Gasteiger partial charge on any atom is 0.107 e. The van der Waals surface area contributed by atoms with E-state index in [9.17, 15) is 0 Å². The summed E-state index contributed by atoms with van der Waals surface area (Å²) in [6, 6.07) is 53.2. The third-order valence-electron chi connectivity index (χ3n) is 10.5. The zero-order valence-electron chi connectivity index (χ0n) is 25.8. The summed E-state index contributed by atoms with van der Waals surface area (Å²) in [4.78, 5) is 2.61. The van der Waals surface area contributed by atoms with Gasteiger partial charge >= 0.3 is 0 Å². The van der Waals surface area contributed by atoms with Crippen molar-refractivity contribution in [3.8, 4) is 0 Å². The van der Waals surface area contributed by atoms with Gasteiger partial charge in [0.25, 0.3) is 0 Å². The topological polar surface area (TPSA) is 27.3 Å². The maximum absolute atomic E-state index is 4.10. The molecule has 6 aromatic rings. The SMILES string of the molecule is C1=Cc2ccccc2C2C1=c1ccccc1=C1C2c2ccccc2N1C1C=C(c2ccccc2)NC(c2cccc3ccccc23)N1. The summed E-state index contributed by atoms with van der Waals surface area (Å²) in [7, 11) is 0. The third kappa shape index (κ3) is 4.03. The number of benzene rings is 6. The van der Waals surface area contributed by atoms with Crippen LogP contribution in [0.25, 0.3) is 33.8 Å². The molecular formula is C44H33N3. The highest BCUT2D eigenvalue weighted by Gasteiger charge is 2.46. The normalized spacial score (nSPS) is 22.0. The molecule has 0 spiro atoms. The molecule has 10 rings (SSSR count). The Kier molecular flexibility index (Phi) is 5.91. The van der Waals surface area contributed by atoms with Crippen molar-refractivity contribution in [1.82, 2.24) is 10.6 Å². The molecule has 3 nitrogen and oxygen atoms in total. The van der Waals surface area contributed by atoms with Crippen LogP contribution in [-0.4, -0.2) is 6.17 Å². The molecule has 47 heavy (non-hydrogen) atoms. The van der Waals surface area contributed by atoms with Crippen LogP contribution in [0.3, 0.4) is 0 Å². The molecule has 0 bridgehead atoms. The van der Waals surface area contributed by atoms with Gasteiger partial charge in [0.15, 0.2) is 0 Å². The van der Waals surface area contributed by atoms with E-state index in [-0.39, 0.29) is 24.2 Å². The third-order valence-corrected chi connectivity index (χ3v) is 10.5. The first-order valence-corrected chi connectivity index (χ1v) is 16.6. The summed E-state index contributed by atoms with van der Waals surface area (Å²) in [5.74, 6) is 0.434. The van der Waals surface area contributed by atoms with E-state index >= 15 is 0 Å². The standard InChI is InChI=1S/C44H33N3/c1-2-15-30(16-3-1)38-27-40(46-44(45-38)36-23-12-17-28-13-4-6-18-31(28)36)47-39-24-11-10-22-37(39)42-41-32-19-7-5-14-29(32)25-26-34(41)33-20-8-9-21-35(33)43(42)47/h1-27,40-42,44-46H. The Morgan fingerprint density at radius 1 is 0.532 bits per heavy atom. The van der Waals surface area contributed by atoms with Gasteiger partial charge in [-0.3, -0.25) is 5.32 Å². The molecule has 0 aromatic heterocycles. The molecule has 2 aliphatic carbocycles. The molecule has 0 radical (unpaired) electrons. The van der Waals surface area contributed by atoms with E-state index in [1.54, 1.807) is 0 Å². The van der Waals surface area contributed by atoms with E-state index < -0.39 is 0 Å². The van der Waals surface area contributed by atoms with Crippen LogP contribution in [0.4, 0.5) is 5.69 Å². The van der Waals surface area contributed by atoms with Crippen LogP contribution in [0.15, 0.2) is 158 Å². The van der Waals surface area contributed by atoms with Gasteiger partial charge in [-0.15, -0.1) is 0 Å². The van der Waals surface area contributed by atoms with E-state index in [2.05, 4.69) is 179 Å². The van der Waals surface area contributed by atoms with Gasteiger partial charge in [0.1, 0.15) is 12.3 Å². The van der Waals surface area contributed by atoms with Crippen molar-refractivity contribution >= 4 is 39.5 Å². The first-order chi connectivity index (χ1) is 23.3. The van der Waals surface area contributed by atoms with E-state index in [1.165, 1.54) is 66.0 Å². The van der Waals surface area contributed by atoms with Crippen molar-refractivity contribution in [3.63, 3.8) is 0 Å². The molecule has 3 heteroatoms. The number of allylic oxidation sites excluding steroid dienone is 1. The number of para-hydroxylation sites is 1. The van der Waals surface area contributed by atoms with Crippen LogP contribution in [0.1, 0.15) is 45.8 Å². The summed E-state index contributed by atoms with van der Waals surface area (Å²) >= 11 is 0. The van der Waals surface area contributed by atoms with E-state index in [0.717, 1.165) is 5.70 Å². The van der Waals surface area contributed by atoms with Gasteiger partial charge in [-0.05, 0) is 61.5 Å². The van der Waals surface area contributed by atoms with Gasteiger partial charge in [-0.1, -0.05) is 152 Å². The second kappa shape index (κ2) is 10.4. The van der Waals surface area contributed by atoms with Crippen molar-refractivity contribution in [2.75, 3.05) is 4.90 Å². The van der Waals surface area contributed by atoms with Crippen LogP contribution in [-0.2, 0) is 0 Å². The Morgan fingerprint density at radius 2 is 1.23 bits per heavy atom. The average Bonchev–Trinajstić information content (AvgIpc) is 3.50. The number of hydrogen-bond acceptors (Lipinski definition) is 3. The van der Waals surface area contributed by atoms with Crippen LogP contribution in [0, 0.1) is 0 Å². The van der Waals surface area contributed by atoms with Crippen molar-refractivity contribution in [1.29, 1.82) is 0 Å². The minimum atomic E-state index is -0.0996. The molecule has 0 fully saturated rings.